The van der Waals surface area contributed by atoms with E-state index < -0.39 is 0 Å². The lowest BCUT2D eigenvalue weighted by atomic mass is 10.1. The lowest BCUT2D eigenvalue weighted by Crippen LogP contribution is -2.49. The molecular formula is C18H23N5O2. The average Bonchev–Trinajstić information content (AvgIpc) is 3.21. The Hall–Kier alpha value is -2.25. The van der Waals surface area contributed by atoms with Gasteiger partial charge in [0.05, 0.1) is 25.8 Å². The monoisotopic (exact) mass is 341 g/mol. The normalized spacial score (nSPS) is 23.6. The zero-order chi connectivity index (χ0) is 17.2. The molecule has 1 aromatic carbocycles. The van der Waals surface area contributed by atoms with Crippen LogP contribution in [0.1, 0.15) is 12.5 Å². The molecule has 2 aromatic rings. The number of hydrogen-bond donors (Lipinski definition) is 0. The predicted molar refractivity (Wildman–Crippen MR) is 93.3 cm³/mol. The first kappa shape index (κ1) is 16.2. The fourth-order valence-electron chi connectivity index (χ4n) is 3.78. The second-order valence-corrected chi connectivity index (χ2v) is 6.79. The molecule has 0 saturated carbocycles. The van der Waals surface area contributed by atoms with E-state index in [1.54, 1.807) is 11.0 Å². The quantitative estimate of drug-likeness (QED) is 0.829. The third-order valence-corrected chi connectivity index (χ3v) is 4.91. The molecule has 0 radical (unpaired) electrons. The molecule has 0 spiro atoms. The van der Waals surface area contributed by atoms with Gasteiger partial charge < -0.3 is 9.64 Å². The maximum Gasteiger partial charge on any atom is 0.241 e. The van der Waals surface area contributed by atoms with Crippen molar-refractivity contribution in [2.24, 2.45) is 0 Å². The summed E-state index contributed by atoms with van der Waals surface area (Å²) in [4.78, 5) is 21.0. The van der Waals surface area contributed by atoms with Crippen LogP contribution in [0.2, 0.25) is 0 Å². The van der Waals surface area contributed by atoms with E-state index in [-0.39, 0.29) is 18.1 Å². The van der Waals surface area contributed by atoms with Crippen molar-refractivity contribution in [3.05, 3.63) is 42.5 Å². The van der Waals surface area contributed by atoms with Crippen LogP contribution < -0.4 is 4.90 Å². The first-order chi connectivity index (χ1) is 12.2. The number of carbonyl (C=O) groups excluding carboxylic acids is 1. The van der Waals surface area contributed by atoms with Crippen LogP contribution >= 0.6 is 0 Å². The number of aromatic nitrogens is 3. The molecule has 1 saturated heterocycles. The molecule has 2 aliphatic heterocycles. The summed E-state index contributed by atoms with van der Waals surface area (Å²) >= 11 is 0. The fourth-order valence-corrected chi connectivity index (χ4v) is 3.78. The highest BCUT2D eigenvalue weighted by Gasteiger charge is 2.32. The molecule has 25 heavy (non-hydrogen) atoms. The van der Waals surface area contributed by atoms with Crippen LogP contribution in [0, 0.1) is 0 Å². The molecule has 132 valence electrons. The number of benzene rings is 1. The summed E-state index contributed by atoms with van der Waals surface area (Å²) in [7, 11) is 0. The van der Waals surface area contributed by atoms with Gasteiger partial charge in [0.25, 0.3) is 0 Å². The number of nitrogens with zero attached hydrogens (tertiary/aromatic N) is 5. The zero-order valence-corrected chi connectivity index (χ0v) is 14.4. The fraction of sp³-hybridized carbons (Fsp3) is 0.500. The summed E-state index contributed by atoms with van der Waals surface area (Å²) in [6.45, 7) is 5.35. The van der Waals surface area contributed by atoms with Crippen molar-refractivity contribution in [2.75, 3.05) is 31.1 Å². The molecule has 2 aliphatic rings. The van der Waals surface area contributed by atoms with Crippen LogP contribution in [-0.4, -0.2) is 64.0 Å². The number of morpholine rings is 1. The number of para-hydroxylation sites is 1. The van der Waals surface area contributed by atoms with Crippen molar-refractivity contribution in [1.82, 2.24) is 19.7 Å². The second-order valence-electron chi connectivity index (χ2n) is 6.79. The highest BCUT2D eigenvalue weighted by Crippen LogP contribution is 2.31. The highest BCUT2D eigenvalue weighted by molar-refractivity contribution is 5.97. The van der Waals surface area contributed by atoms with Gasteiger partial charge in [0, 0.05) is 24.8 Å². The van der Waals surface area contributed by atoms with Gasteiger partial charge in [0.15, 0.2) is 0 Å². The van der Waals surface area contributed by atoms with Crippen LogP contribution in [0.15, 0.2) is 36.9 Å². The Morgan fingerprint density at radius 3 is 3.08 bits per heavy atom. The Morgan fingerprint density at radius 2 is 2.24 bits per heavy atom. The van der Waals surface area contributed by atoms with Gasteiger partial charge in [-0.1, -0.05) is 18.2 Å². The molecule has 0 bridgehead atoms. The van der Waals surface area contributed by atoms with Crippen molar-refractivity contribution in [3.8, 4) is 0 Å². The highest BCUT2D eigenvalue weighted by atomic mass is 16.5. The molecule has 7 heteroatoms. The van der Waals surface area contributed by atoms with E-state index in [0.29, 0.717) is 19.7 Å². The molecule has 1 amide bonds. The largest absolute Gasteiger partial charge is 0.374 e. The number of anilines is 1. The Balaban J connectivity index is 1.39. The van der Waals surface area contributed by atoms with Gasteiger partial charge in [-0.2, -0.15) is 5.10 Å². The number of rotatable bonds is 4. The minimum Gasteiger partial charge on any atom is -0.374 e. The topological polar surface area (TPSA) is 63.5 Å². The Labute approximate surface area is 147 Å². The van der Waals surface area contributed by atoms with Gasteiger partial charge >= 0.3 is 0 Å². The Kier molecular flexibility index (Phi) is 4.50. The standard InChI is InChI=1S/C18H23N5O2/c1-14-8-15-4-2-3-5-17(15)23(14)18(24)11-21-6-7-25-16(9-21)10-22-13-19-12-20-22/h2-5,12-14,16H,6-11H2,1H3/t14-,16+/m0/s1. The van der Waals surface area contributed by atoms with Gasteiger partial charge in [-0.25, -0.2) is 4.98 Å². The maximum atomic E-state index is 12.9. The third-order valence-electron chi connectivity index (χ3n) is 4.91. The van der Waals surface area contributed by atoms with Crippen molar-refractivity contribution in [3.63, 3.8) is 0 Å². The maximum absolute atomic E-state index is 12.9. The molecule has 0 aliphatic carbocycles. The van der Waals surface area contributed by atoms with Crippen molar-refractivity contribution in [2.45, 2.75) is 32.0 Å². The smallest absolute Gasteiger partial charge is 0.241 e. The molecule has 2 atom stereocenters. The summed E-state index contributed by atoms with van der Waals surface area (Å²) in [6.07, 6.45) is 4.18. The van der Waals surface area contributed by atoms with Gasteiger partial charge in [0.2, 0.25) is 5.91 Å². The van der Waals surface area contributed by atoms with E-state index in [0.717, 1.165) is 25.2 Å². The summed E-state index contributed by atoms with van der Waals surface area (Å²) in [5.41, 5.74) is 2.32. The van der Waals surface area contributed by atoms with Crippen molar-refractivity contribution in [1.29, 1.82) is 0 Å². The van der Waals surface area contributed by atoms with Crippen LogP contribution in [0.5, 0.6) is 0 Å². The molecular weight excluding hydrogens is 318 g/mol. The second kappa shape index (κ2) is 6.93. The lowest BCUT2D eigenvalue weighted by Gasteiger charge is -2.34. The van der Waals surface area contributed by atoms with Gasteiger partial charge in [-0.05, 0) is 25.0 Å². The average molecular weight is 341 g/mol. The van der Waals surface area contributed by atoms with E-state index in [9.17, 15) is 4.79 Å². The zero-order valence-electron chi connectivity index (χ0n) is 14.4. The lowest BCUT2D eigenvalue weighted by molar-refractivity contribution is -0.122. The summed E-state index contributed by atoms with van der Waals surface area (Å²) in [5, 5.41) is 4.13. The van der Waals surface area contributed by atoms with E-state index in [1.807, 2.05) is 23.1 Å². The van der Waals surface area contributed by atoms with Crippen LogP contribution in [0.4, 0.5) is 5.69 Å². The molecule has 1 aromatic heterocycles. The van der Waals surface area contributed by atoms with E-state index in [4.69, 9.17) is 4.74 Å². The molecule has 7 nitrogen and oxygen atoms in total. The molecule has 0 unspecified atom stereocenters. The first-order valence-electron chi connectivity index (χ1n) is 8.77. The van der Waals surface area contributed by atoms with Crippen LogP contribution in [0.3, 0.4) is 0 Å². The molecule has 1 fully saturated rings. The van der Waals surface area contributed by atoms with Crippen molar-refractivity contribution >= 4 is 11.6 Å². The van der Waals surface area contributed by atoms with E-state index in [2.05, 4.69) is 28.0 Å². The number of carbonyl (C=O) groups is 1. The van der Waals surface area contributed by atoms with Crippen LogP contribution in [-0.2, 0) is 22.5 Å². The summed E-state index contributed by atoms with van der Waals surface area (Å²) in [6, 6.07) is 8.42. The SMILES string of the molecule is C[C@H]1Cc2ccccc2N1C(=O)CN1CCO[C@@H](Cn2cncn2)C1. The van der Waals surface area contributed by atoms with Gasteiger partial charge in [-0.15, -0.1) is 0 Å². The van der Waals surface area contributed by atoms with Crippen LogP contribution in [0.25, 0.3) is 0 Å². The molecule has 3 heterocycles. The minimum atomic E-state index is 0.0338. The minimum absolute atomic E-state index is 0.0338. The summed E-state index contributed by atoms with van der Waals surface area (Å²) in [5.74, 6) is 0.166. The first-order valence-corrected chi connectivity index (χ1v) is 8.77. The molecule has 4 rings (SSSR count). The van der Waals surface area contributed by atoms with E-state index in [1.165, 1.54) is 11.9 Å². The third kappa shape index (κ3) is 3.43. The number of fused-ring (bicyclic) bond motifs is 1. The van der Waals surface area contributed by atoms with Crippen molar-refractivity contribution < 1.29 is 9.53 Å². The summed E-state index contributed by atoms with van der Waals surface area (Å²) < 4.78 is 7.58. The Bertz CT molecular complexity index is 733. The van der Waals surface area contributed by atoms with E-state index >= 15 is 0 Å². The number of ether oxygens (including phenoxy) is 1. The number of amides is 1. The van der Waals surface area contributed by atoms with Gasteiger partial charge in [0.1, 0.15) is 12.7 Å². The number of hydrogen-bond acceptors (Lipinski definition) is 5. The van der Waals surface area contributed by atoms with Gasteiger partial charge in [-0.3, -0.25) is 14.4 Å². The molecule has 0 N–H and O–H groups in total. The predicted octanol–water partition coefficient (Wildman–Crippen LogP) is 0.957. The Morgan fingerprint density at radius 1 is 1.36 bits per heavy atom.